The number of fused-ring (bicyclic) bond motifs is 2. The van der Waals surface area contributed by atoms with E-state index in [9.17, 15) is 0 Å². The van der Waals surface area contributed by atoms with Crippen molar-refractivity contribution < 1.29 is 0 Å². The van der Waals surface area contributed by atoms with E-state index in [1.807, 2.05) is 29.1 Å². The van der Waals surface area contributed by atoms with Gasteiger partial charge in [0.25, 0.3) is 0 Å². The van der Waals surface area contributed by atoms with E-state index >= 15 is 0 Å². The molecule has 0 atom stereocenters. The van der Waals surface area contributed by atoms with Crippen molar-refractivity contribution in [3.05, 3.63) is 72.4 Å². The normalized spacial score (nSPS) is 11.2. The number of aromatic nitrogens is 2. The first kappa shape index (κ1) is 12.0. The van der Waals surface area contributed by atoms with Crippen LogP contribution in [0, 0.1) is 0 Å². The van der Waals surface area contributed by atoms with Crippen LogP contribution in [0.5, 0.6) is 0 Å². The molecule has 102 valence electrons. The highest BCUT2D eigenvalue weighted by Gasteiger charge is 2.06. The van der Waals surface area contributed by atoms with E-state index in [1.54, 1.807) is 0 Å². The van der Waals surface area contributed by atoms with E-state index in [0.717, 1.165) is 23.1 Å². The molecule has 0 saturated heterocycles. The maximum absolute atomic E-state index is 5.89. The average Bonchev–Trinajstić information content (AvgIpc) is 2.90. The predicted molar refractivity (Wildman–Crippen MR) is 87.2 cm³/mol. The number of nitrogens with zero attached hydrogens (tertiary/aromatic N) is 2. The van der Waals surface area contributed by atoms with Crippen LogP contribution in [-0.4, -0.2) is 9.78 Å². The zero-order chi connectivity index (χ0) is 14.2. The Morgan fingerprint density at radius 3 is 2.71 bits per heavy atom. The van der Waals surface area contributed by atoms with Crippen molar-refractivity contribution in [1.82, 2.24) is 9.78 Å². The van der Waals surface area contributed by atoms with Crippen molar-refractivity contribution in [1.29, 1.82) is 0 Å². The first-order chi connectivity index (χ1) is 10.3. The monoisotopic (exact) mass is 273 g/mol. The summed E-state index contributed by atoms with van der Waals surface area (Å²) in [5.74, 6) is 0. The molecule has 0 saturated carbocycles. The smallest absolute Gasteiger partial charge is 0.0706 e. The zero-order valence-corrected chi connectivity index (χ0v) is 11.5. The van der Waals surface area contributed by atoms with Crippen LogP contribution in [0.2, 0.25) is 0 Å². The van der Waals surface area contributed by atoms with Gasteiger partial charge >= 0.3 is 0 Å². The Hall–Kier alpha value is -2.81. The van der Waals surface area contributed by atoms with Crippen LogP contribution < -0.4 is 5.73 Å². The summed E-state index contributed by atoms with van der Waals surface area (Å²) in [5.41, 5.74) is 9.00. The largest absolute Gasteiger partial charge is 0.399 e. The van der Waals surface area contributed by atoms with E-state index in [4.69, 9.17) is 5.73 Å². The molecule has 0 radical (unpaired) electrons. The molecule has 1 heterocycles. The van der Waals surface area contributed by atoms with Gasteiger partial charge in [-0.25, -0.2) is 0 Å². The van der Waals surface area contributed by atoms with E-state index < -0.39 is 0 Å². The topological polar surface area (TPSA) is 43.8 Å². The second-order valence-electron chi connectivity index (χ2n) is 5.26. The molecule has 1 aromatic heterocycles. The Morgan fingerprint density at radius 2 is 1.76 bits per heavy atom. The van der Waals surface area contributed by atoms with Gasteiger partial charge in [-0.15, -0.1) is 0 Å². The molecule has 4 aromatic rings. The van der Waals surface area contributed by atoms with E-state index in [2.05, 4.69) is 47.6 Å². The molecule has 21 heavy (non-hydrogen) atoms. The molecule has 3 heteroatoms. The summed E-state index contributed by atoms with van der Waals surface area (Å²) >= 11 is 0. The number of rotatable bonds is 2. The Labute approximate surface area is 122 Å². The van der Waals surface area contributed by atoms with Crippen molar-refractivity contribution in [3.8, 4) is 0 Å². The number of benzene rings is 3. The van der Waals surface area contributed by atoms with Gasteiger partial charge in [0, 0.05) is 11.1 Å². The summed E-state index contributed by atoms with van der Waals surface area (Å²) in [4.78, 5) is 0. The molecule has 2 N–H and O–H groups in total. The molecular formula is C18H15N3. The van der Waals surface area contributed by atoms with Crippen LogP contribution in [0.15, 0.2) is 66.9 Å². The van der Waals surface area contributed by atoms with Crippen LogP contribution in [0.3, 0.4) is 0 Å². The predicted octanol–water partition coefficient (Wildman–Crippen LogP) is 3.82. The zero-order valence-electron chi connectivity index (χ0n) is 11.5. The molecule has 0 bridgehead atoms. The number of nitrogen functional groups attached to an aromatic ring is 1. The van der Waals surface area contributed by atoms with Gasteiger partial charge in [-0.05, 0) is 34.5 Å². The molecule has 0 aliphatic carbocycles. The first-order valence-corrected chi connectivity index (χ1v) is 6.99. The molecule has 0 aliphatic rings. The van der Waals surface area contributed by atoms with Gasteiger partial charge in [-0.1, -0.05) is 42.5 Å². The Morgan fingerprint density at radius 1 is 0.905 bits per heavy atom. The van der Waals surface area contributed by atoms with Crippen molar-refractivity contribution in [2.24, 2.45) is 0 Å². The first-order valence-electron chi connectivity index (χ1n) is 6.99. The Kier molecular flexibility index (Phi) is 2.64. The number of nitrogens with two attached hydrogens (primary N) is 1. The lowest BCUT2D eigenvalue weighted by molar-refractivity contribution is 0.716. The second kappa shape index (κ2) is 4.63. The molecular weight excluding hydrogens is 258 g/mol. The molecule has 3 aromatic carbocycles. The standard InChI is InChI=1S/C18H15N3/c19-16-9-8-14-11-20-21(18(14)10-16)12-15-6-3-5-13-4-1-2-7-17(13)15/h1-11H,12,19H2. The molecule has 0 aliphatic heterocycles. The lowest BCUT2D eigenvalue weighted by atomic mass is 10.0. The van der Waals surface area contributed by atoms with Gasteiger partial charge in [-0.2, -0.15) is 5.10 Å². The number of hydrogen-bond donors (Lipinski definition) is 1. The van der Waals surface area contributed by atoms with Crippen LogP contribution in [0.4, 0.5) is 5.69 Å². The lowest BCUT2D eigenvalue weighted by Crippen LogP contribution is -2.02. The number of anilines is 1. The van der Waals surface area contributed by atoms with Crippen LogP contribution in [0.25, 0.3) is 21.7 Å². The van der Waals surface area contributed by atoms with Crippen molar-refractivity contribution in [3.63, 3.8) is 0 Å². The highest BCUT2D eigenvalue weighted by molar-refractivity contribution is 5.86. The third-order valence-electron chi connectivity index (χ3n) is 3.87. The molecule has 0 amide bonds. The minimum Gasteiger partial charge on any atom is -0.399 e. The summed E-state index contributed by atoms with van der Waals surface area (Å²) in [6.07, 6.45) is 1.89. The van der Waals surface area contributed by atoms with Crippen molar-refractivity contribution in [2.45, 2.75) is 6.54 Å². The third kappa shape index (κ3) is 2.03. The average molecular weight is 273 g/mol. The fraction of sp³-hybridized carbons (Fsp3) is 0.0556. The minimum atomic E-state index is 0.744. The third-order valence-corrected chi connectivity index (χ3v) is 3.87. The summed E-state index contributed by atoms with van der Waals surface area (Å²) < 4.78 is 2.01. The molecule has 0 fully saturated rings. The van der Waals surface area contributed by atoms with Crippen molar-refractivity contribution >= 4 is 27.4 Å². The van der Waals surface area contributed by atoms with Gasteiger partial charge in [0.15, 0.2) is 0 Å². The summed E-state index contributed by atoms with van der Waals surface area (Å²) in [5, 5.41) is 8.14. The second-order valence-corrected chi connectivity index (χ2v) is 5.26. The molecule has 0 unspecified atom stereocenters. The quantitative estimate of drug-likeness (QED) is 0.564. The summed E-state index contributed by atoms with van der Waals surface area (Å²) in [6, 6.07) is 20.7. The van der Waals surface area contributed by atoms with Gasteiger partial charge in [0.2, 0.25) is 0 Å². The van der Waals surface area contributed by atoms with E-state index in [1.165, 1.54) is 16.3 Å². The number of hydrogen-bond acceptors (Lipinski definition) is 2. The van der Waals surface area contributed by atoms with Crippen molar-refractivity contribution in [2.75, 3.05) is 5.73 Å². The Balaban J connectivity index is 1.85. The minimum absolute atomic E-state index is 0.744. The van der Waals surface area contributed by atoms with Gasteiger partial charge in [-0.3, -0.25) is 4.68 Å². The van der Waals surface area contributed by atoms with Gasteiger partial charge in [0.1, 0.15) is 0 Å². The van der Waals surface area contributed by atoms with Crippen LogP contribution in [-0.2, 0) is 6.54 Å². The summed E-state index contributed by atoms with van der Waals surface area (Å²) in [7, 11) is 0. The molecule has 0 spiro atoms. The highest BCUT2D eigenvalue weighted by Crippen LogP contribution is 2.22. The molecule has 4 rings (SSSR count). The van der Waals surface area contributed by atoms with Crippen LogP contribution in [0.1, 0.15) is 5.56 Å². The Bertz CT molecular complexity index is 932. The van der Waals surface area contributed by atoms with E-state index in [0.29, 0.717) is 0 Å². The van der Waals surface area contributed by atoms with E-state index in [-0.39, 0.29) is 0 Å². The SMILES string of the molecule is Nc1ccc2cnn(Cc3cccc4ccccc34)c2c1. The fourth-order valence-electron chi connectivity index (χ4n) is 2.81. The maximum atomic E-state index is 5.89. The summed E-state index contributed by atoms with van der Waals surface area (Å²) in [6.45, 7) is 0.744. The molecule has 3 nitrogen and oxygen atoms in total. The maximum Gasteiger partial charge on any atom is 0.0706 e. The van der Waals surface area contributed by atoms with Crippen LogP contribution >= 0.6 is 0 Å². The highest BCUT2D eigenvalue weighted by atomic mass is 15.3. The fourth-order valence-corrected chi connectivity index (χ4v) is 2.81. The lowest BCUT2D eigenvalue weighted by Gasteiger charge is -2.08. The van der Waals surface area contributed by atoms with Gasteiger partial charge < -0.3 is 5.73 Å². The van der Waals surface area contributed by atoms with Gasteiger partial charge in [0.05, 0.1) is 18.3 Å².